The van der Waals surface area contributed by atoms with Crippen molar-refractivity contribution in [2.24, 2.45) is 40.1 Å². The first-order valence-corrected chi connectivity index (χ1v) is 10.3. The van der Waals surface area contributed by atoms with E-state index in [1.165, 1.54) is 70.6 Å². The largest absolute Gasteiger partial charge is 0.328 e. The molecule has 23 heavy (non-hydrogen) atoms. The van der Waals surface area contributed by atoms with Gasteiger partial charge in [0.1, 0.15) is 0 Å². The highest BCUT2D eigenvalue weighted by atomic mass is 14.7. The van der Waals surface area contributed by atoms with E-state index in [1.54, 1.807) is 0 Å². The maximum atomic E-state index is 6.23. The summed E-state index contributed by atoms with van der Waals surface area (Å²) in [6.07, 6.45) is 14.9. The van der Waals surface area contributed by atoms with Crippen LogP contribution in [-0.4, -0.2) is 12.1 Å². The predicted octanol–water partition coefficient (Wildman–Crippen LogP) is 4.85. The molecular formula is C21H40N2. The van der Waals surface area contributed by atoms with Crippen LogP contribution < -0.4 is 11.5 Å². The van der Waals surface area contributed by atoms with Crippen LogP contribution in [0.25, 0.3) is 0 Å². The Balaban J connectivity index is 1.86. The molecule has 0 aromatic heterocycles. The highest BCUT2D eigenvalue weighted by Crippen LogP contribution is 2.61. The minimum atomic E-state index is 0.470. The Bertz CT molecular complexity index is 365. The standard InChI is InChI=1S/C21H40N2/c1-15-12-20(2,3)14-21(13-15,16-4-8-18(22)9-5-16)17-6-10-19(23)11-7-17/h15-19H,4-14,22-23H2,1-3H3. The molecule has 0 amide bonds. The molecule has 2 nitrogen and oxygen atoms in total. The van der Waals surface area contributed by atoms with Gasteiger partial charge >= 0.3 is 0 Å². The van der Waals surface area contributed by atoms with E-state index in [0.717, 1.165) is 17.8 Å². The third-order valence-electron chi connectivity index (χ3n) is 7.61. The highest BCUT2D eigenvalue weighted by molar-refractivity contribution is 5.02. The number of nitrogens with two attached hydrogens (primary N) is 2. The summed E-state index contributed by atoms with van der Waals surface area (Å²) in [5.74, 6) is 2.72. The van der Waals surface area contributed by atoms with Crippen molar-refractivity contribution in [1.29, 1.82) is 0 Å². The molecule has 0 bridgehead atoms. The minimum absolute atomic E-state index is 0.470. The molecule has 2 heteroatoms. The van der Waals surface area contributed by atoms with Crippen molar-refractivity contribution in [3.63, 3.8) is 0 Å². The van der Waals surface area contributed by atoms with E-state index in [-0.39, 0.29) is 0 Å². The van der Waals surface area contributed by atoms with Crippen molar-refractivity contribution in [3.8, 4) is 0 Å². The molecule has 0 heterocycles. The molecule has 0 aromatic carbocycles. The van der Waals surface area contributed by atoms with E-state index in [0.29, 0.717) is 22.9 Å². The van der Waals surface area contributed by atoms with Gasteiger partial charge in [0.25, 0.3) is 0 Å². The van der Waals surface area contributed by atoms with Crippen LogP contribution in [0.2, 0.25) is 0 Å². The Morgan fingerprint density at radius 3 is 1.52 bits per heavy atom. The van der Waals surface area contributed by atoms with Crippen LogP contribution in [0.1, 0.15) is 91.4 Å². The molecule has 1 atom stereocenters. The van der Waals surface area contributed by atoms with Crippen LogP contribution in [-0.2, 0) is 0 Å². The van der Waals surface area contributed by atoms with Crippen molar-refractivity contribution in [3.05, 3.63) is 0 Å². The Morgan fingerprint density at radius 1 is 0.696 bits per heavy atom. The van der Waals surface area contributed by atoms with E-state index < -0.39 is 0 Å². The SMILES string of the molecule is CC1CC(C)(C)CC(C2CCC(N)CC2)(C2CCC(N)CC2)C1. The Labute approximate surface area is 144 Å². The predicted molar refractivity (Wildman–Crippen MR) is 99.1 cm³/mol. The van der Waals surface area contributed by atoms with Gasteiger partial charge in [-0.2, -0.15) is 0 Å². The summed E-state index contributed by atoms with van der Waals surface area (Å²) < 4.78 is 0. The average Bonchev–Trinajstić information content (AvgIpc) is 2.46. The summed E-state index contributed by atoms with van der Waals surface area (Å²) in [5.41, 5.74) is 13.6. The first kappa shape index (κ1) is 17.7. The maximum absolute atomic E-state index is 6.23. The fourth-order valence-corrected chi connectivity index (χ4v) is 7.04. The first-order chi connectivity index (χ1) is 10.8. The molecule has 0 aliphatic heterocycles. The number of hydrogen-bond acceptors (Lipinski definition) is 2. The van der Waals surface area contributed by atoms with Gasteiger partial charge < -0.3 is 11.5 Å². The lowest BCUT2D eigenvalue weighted by Crippen LogP contribution is -2.50. The van der Waals surface area contributed by atoms with Gasteiger partial charge in [0.15, 0.2) is 0 Å². The zero-order valence-electron chi connectivity index (χ0n) is 15.8. The van der Waals surface area contributed by atoms with Crippen LogP contribution in [0.15, 0.2) is 0 Å². The van der Waals surface area contributed by atoms with Gasteiger partial charge in [-0.25, -0.2) is 0 Å². The average molecular weight is 321 g/mol. The maximum Gasteiger partial charge on any atom is 0.00390 e. The topological polar surface area (TPSA) is 52.0 Å². The molecule has 3 aliphatic carbocycles. The lowest BCUT2D eigenvalue weighted by atomic mass is 9.48. The summed E-state index contributed by atoms with van der Waals surface area (Å²) in [7, 11) is 0. The summed E-state index contributed by atoms with van der Waals surface area (Å²) in [6, 6.07) is 0.939. The second-order valence-electron chi connectivity index (χ2n) is 10.3. The normalized spacial score (nSPS) is 48.1. The molecule has 134 valence electrons. The molecule has 0 radical (unpaired) electrons. The second-order valence-corrected chi connectivity index (χ2v) is 10.3. The van der Waals surface area contributed by atoms with Crippen LogP contribution in [0.4, 0.5) is 0 Å². The van der Waals surface area contributed by atoms with Crippen molar-refractivity contribution in [2.45, 2.75) is 103 Å². The molecule has 3 aliphatic rings. The van der Waals surface area contributed by atoms with Crippen LogP contribution >= 0.6 is 0 Å². The smallest absolute Gasteiger partial charge is 0.00390 e. The fraction of sp³-hybridized carbons (Fsp3) is 1.00. The lowest BCUT2D eigenvalue weighted by molar-refractivity contribution is -0.0735. The Morgan fingerprint density at radius 2 is 1.13 bits per heavy atom. The zero-order valence-corrected chi connectivity index (χ0v) is 15.8. The van der Waals surface area contributed by atoms with E-state index in [2.05, 4.69) is 20.8 Å². The first-order valence-electron chi connectivity index (χ1n) is 10.3. The van der Waals surface area contributed by atoms with Gasteiger partial charge in [0.05, 0.1) is 0 Å². The quantitative estimate of drug-likeness (QED) is 0.764. The van der Waals surface area contributed by atoms with Crippen LogP contribution in [0, 0.1) is 28.6 Å². The van der Waals surface area contributed by atoms with Gasteiger partial charge in [0, 0.05) is 12.1 Å². The second kappa shape index (κ2) is 6.67. The van der Waals surface area contributed by atoms with E-state index >= 15 is 0 Å². The molecule has 0 saturated heterocycles. The van der Waals surface area contributed by atoms with Gasteiger partial charge in [-0.15, -0.1) is 0 Å². The van der Waals surface area contributed by atoms with Crippen molar-refractivity contribution in [1.82, 2.24) is 0 Å². The van der Waals surface area contributed by atoms with Crippen molar-refractivity contribution < 1.29 is 0 Å². The molecule has 3 saturated carbocycles. The van der Waals surface area contributed by atoms with Crippen molar-refractivity contribution >= 4 is 0 Å². The van der Waals surface area contributed by atoms with Crippen LogP contribution in [0.3, 0.4) is 0 Å². The molecule has 0 spiro atoms. The molecule has 3 rings (SSSR count). The summed E-state index contributed by atoms with van der Waals surface area (Å²) in [5, 5.41) is 0. The van der Waals surface area contributed by atoms with E-state index in [4.69, 9.17) is 11.5 Å². The summed E-state index contributed by atoms with van der Waals surface area (Å²) >= 11 is 0. The minimum Gasteiger partial charge on any atom is -0.328 e. The summed E-state index contributed by atoms with van der Waals surface area (Å²) in [4.78, 5) is 0. The van der Waals surface area contributed by atoms with Gasteiger partial charge in [-0.1, -0.05) is 20.8 Å². The Kier molecular flexibility index (Phi) is 5.14. The highest BCUT2D eigenvalue weighted by Gasteiger charge is 2.52. The monoisotopic (exact) mass is 320 g/mol. The third kappa shape index (κ3) is 3.79. The van der Waals surface area contributed by atoms with E-state index in [1.807, 2.05) is 0 Å². The van der Waals surface area contributed by atoms with Gasteiger partial charge in [-0.3, -0.25) is 0 Å². The van der Waals surface area contributed by atoms with Crippen molar-refractivity contribution in [2.75, 3.05) is 0 Å². The number of rotatable bonds is 2. The molecular weight excluding hydrogens is 280 g/mol. The van der Waals surface area contributed by atoms with Gasteiger partial charge in [0.2, 0.25) is 0 Å². The molecule has 3 fully saturated rings. The van der Waals surface area contributed by atoms with Crippen LogP contribution in [0.5, 0.6) is 0 Å². The molecule has 1 unspecified atom stereocenters. The molecule has 0 aromatic rings. The zero-order chi connectivity index (χ0) is 16.7. The molecule has 4 N–H and O–H groups in total. The summed E-state index contributed by atoms with van der Waals surface area (Å²) in [6.45, 7) is 7.57. The third-order valence-corrected chi connectivity index (χ3v) is 7.61. The lowest BCUT2D eigenvalue weighted by Gasteiger charge is -2.58. The fourth-order valence-electron chi connectivity index (χ4n) is 7.04. The van der Waals surface area contributed by atoms with Gasteiger partial charge in [-0.05, 0) is 99.2 Å². The number of hydrogen-bond donors (Lipinski definition) is 2. The Hall–Kier alpha value is -0.0800. The van der Waals surface area contributed by atoms with E-state index in [9.17, 15) is 0 Å².